The molecule has 1 aromatic carbocycles. The number of rotatable bonds is 4. The van der Waals surface area contributed by atoms with E-state index in [0.29, 0.717) is 5.41 Å². The number of nitrogens with one attached hydrogen (secondary N) is 1. The zero-order valence-corrected chi connectivity index (χ0v) is 14.9. The van der Waals surface area contributed by atoms with Gasteiger partial charge in [0, 0.05) is 30.2 Å². The van der Waals surface area contributed by atoms with E-state index in [9.17, 15) is 4.79 Å². The van der Waals surface area contributed by atoms with Crippen LogP contribution in [0.4, 0.5) is 0 Å². The summed E-state index contributed by atoms with van der Waals surface area (Å²) in [7, 11) is 0. The van der Waals surface area contributed by atoms with E-state index in [4.69, 9.17) is 0 Å². The summed E-state index contributed by atoms with van der Waals surface area (Å²) < 4.78 is 2.18. The van der Waals surface area contributed by atoms with Crippen molar-refractivity contribution in [2.75, 3.05) is 6.54 Å². The second kappa shape index (κ2) is 5.94. The van der Waals surface area contributed by atoms with Crippen LogP contribution in [0, 0.1) is 18.3 Å². The van der Waals surface area contributed by atoms with E-state index < -0.39 is 0 Å². The lowest BCUT2D eigenvalue weighted by molar-refractivity contribution is 0.0598. The maximum Gasteiger partial charge on any atom is 0.253 e. The molecule has 0 saturated heterocycles. The van der Waals surface area contributed by atoms with Crippen molar-refractivity contribution in [1.29, 1.82) is 0 Å². The van der Waals surface area contributed by atoms with E-state index in [1.54, 1.807) is 0 Å². The van der Waals surface area contributed by atoms with E-state index in [1.165, 1.54) is 49.6 Å². The van der Waals surface area contributed by atoms with Crippen LogP contribution in [0.2, 0.25) is 0 Å². The largest absolute Gasteiger partial charge is 0.351 e. The third-order valence-electron chi connectivity index (χ3n) is 6.50. The third kappa shape index (κ3) is 2.64. The Morgan fingerprint density at radius 2 is 1.96 bits per heavy atom. The molecule has 3 aliphatic rings. The fourth-order valence-corrected chi connectivity index (χ4v) is 4.81. The molecule has 0 unspecified atom stereocenters. The molecule has 5 rings (SSSR count). The number of benzene rings is 1. The summed E-state index contributed by atoms with van der Waals surface area (Å²) in [6.07, 6.45) is 10.0. The molecular formula is C21H28N2O. The van der Waals surface area contributed by atoms with Gasteiger partial charge in [0.1, 0.15) is 0 Å². The summed E-state index contributed by atoms with van der Waals surface area (Å²) >= 11 is 0. The number of aryl methyl sites for hydroxylation is 2. The zero-order chi connectivity index (χ0) is 16.7. The van der Waals surface area contributed by atoms with Crippen molar-refractivity contribution in [3.05, 3.63) is 35.5 Å². The maximum atomic E-state index is 12.9. The van der Waals surface area contributed by atoms with E-state index in [-0.39, 0.29) is 5.91 Å². The van der Waals surface area contributed by atoms with Crippen molar-refractivity contribution in [2.24, 2.45) is 11.3 Å². The first-order valence-electron chi connectivity index (χ1n) is 9.48. The standard InChI is InChI=1S/C21H28N2O/c1-3-23-13-18(17-5-4-15(2)12-19(17)23)20(24)22-14-21-9-6-16(7-10-21)8-11-21/h4-5,12-13,16H,3,6-11,14H2,1-2H3,(H,22,24). The lowest BCUT2D eigenvalue weighted by Crippen LogP contribution is -2.43. The molecule has 1 heterocycles. The van der Waals surface area contributed by atoms with E-state index in [1.807, 2.05) is 6.20 Å². The number of hydrogen-bond acceptors (Lipinski definition) is 1. The summed E-state index contributed by atoms with van der Waals surface area (Å²) in [6, 6.07) is 6.37. The van der Waals surface area contributed by atoms with Crippen molar-refractivity contribution in [3.63, 3.8) is 0 Å². The minimum absolute atomic E-state index is 0.0955. The Kier molecular flexibility index (Phi) is 3.90. The predicted octanol–water partition coefficient (Wildman–Crippen LogP) is 4.67. The van der Waals surface area contributed by atoms with Gasteiger partial charge in [0.2, 0.25) is 0 Å². The Balaban J connectivity index is 1.55. The number of amides is 1. The summed E-state index contributed by atoms with van der Waals surface area (Å²) in [5.41, 5.74) is 3.61. The zero-order valence-electron chi connectivity index (χ0n) is 14.9. The average molecular weight is 324 g/mol. The minimum atomic E-state index is 0.0955. The highest BCUT2D eigenvalue weighted by atomic mass is 16.1. The van der Waals surface area contributed by atoms with Crippen LogP contribution in [0.1, 0.15) is 61.4 Å². The quantitative estimate of drug-likeness (QED) is 0.871. The molecule has 1 N–H and O–H groups in total. The van der Waals surface area contributed by atoms with Gasteiger partial charge in [0.05, 0.1) is 5.56 Å². The average Bonchev–Trinajstić information content (AvgIpc) is 2.99. The Bertz CT molecular complexity index is 752. The molecular weight excluding hydrogens is 296 g/mol. The van der Waals surface area contributed by atoms with Crippen LogP contribution in [0.3, 0.4) is 0 Å². The molecule has 0 spiro atoms. The molecule has 3 saturated carbocycles. The lowest BCUT2D eigenvalue weighted by Gasteiger charge is -2.46. The highest BCUT2D eigenvalue weighted by molar-refractivity contribution is 6.07. The Labute approximate surface area is 144 Å². The maximum absolute atomic E-state index is 12.9. The number of fused-ring (bicyclic) bond motifs is 4. The number of nitrogens with zero attached hydrogens (tertiary/aromatic N) is 1. The van der Waals surface area contributed by atoms with E-state index in [2.05, 4.69) is 41.9 Å². The Morgan fingerprint density at radius 3 is 2.62 bits per heavy atom. The van der Waals surface area contributed by atoms with Gasteiger partial charge in [-0.15, -0.1) is 0 Å². The first-order valence-corrected chi connectivity index (χ1v) is 9.48. The van der Waals surface area contributed by atoms with E-state index in [0.717, 1.165) is 30.0 Å². The van der Waals surface area contributed by atoms with Crippen molar-refractivity contribution >= 4 is 16.8 Å². The van der Waals surface area contributed by atoms with Crippen LogP contribution < -0.4 is 5.32 Å². The highest BCUT2D eigenvalue weighted by Gasteiger charge is 2.40. The summed E-state index contributed by atoms with van der Waals surface area (Å²) in [4.78, 5) is 12.9. The van der Waals surface area contributed by atoms with Crippen molar-refractivity contribution < 1.29 is 4.79 Å². The fraction of sp³-hybridized carbons (Fsp3) is 0.571. The molecule has 128 valence electrons. The van der Waals surface area contributed by atoms with Gasteiger partial charge < -0.3 is 9.88 Å². The monoisotopic (exact) mass is 324 g/mol. The fourth-order valence-electron chi connectivity index (χ4n) is 4.81. The van der Waals surface area contributed by atoms with Gasteiger partial charge in [0.15, 0.2) is 0 Å². The topological polar surface area (TPSA) is 34.0 Å². The van der Waals surface area contributed by atoms with Gasteiger partial charge in [0.25, 0.3) is 5.91 Å². The molecule has 3 fully saturated rings. The Hall–Kier alpha value is -1.77. The van der Waals surface area contributed by atoms with Crippen LogP contribution in [0.5, 0.6) is 0 Å². The molecule has 3 heteroatoms. The summed E-state index contributed by atoms with van der Waals surface area (Å²) in [5, 5.41) is 4.35. The molecule has 24 heavy (non-hydrogen) atoms. The van der Waals surface area contributed by atoms with Crippen LogP contribution in [-0.4, -0.2) is 17.0 Å². The molecule has 1 amide bonds. The SMILES string of the molecule is CCn1cc(C(=O)NCC23CCC(CC2)CC3)c2ccc(C)cc21. The number of aromatic nitrogens is 1. The molecule has 0 aliphatic heterocycles. The second-order valence-corrected chi connectivity index (χ2v) is 8.01. The molecule has 0 radical (unpaired) electrons. The van der Waals surface area contributed by atoms with Crippen molar-refractivity contribution in [2.45, 2.75) is 58.9 Å². The highest BCUT2D eigenvalue weighted by Crippen LogP contribution is 2.49. The first-order chi connectivity index (χ1) is 11.6. The summed E-state index contributed by atoms with van der Waals surface area (Å²) in [5.74, 6) is 1.06. The van der Waals surface area contributed by atoms with Crippen LogP contribution in [0.25, 0.3) is 10.9 Å². The summed E-state index contributed by atoms with van der Waals surface area (Å²) in [6.45, 7) is 5.97. The molecule has 1 aromatic heterocycles. The molecule has 2 aromatic rings. The Morgan fingerprint density at radius 1 is 1.25 bits per heavy atom. The second-order valence-electron chi connectivity index (χ2n) is 8.01. The smallest absolute Gasteiger partial charge is 0.253 e. The third-order valence-corrected chi connectivity index (χ3v) is 6.50. The van der Waals surface area contributed by atoms with Crippen LogP contribution in [0.15, 0.2) is 24.4 Å². The molecule has 2 bridgehead atoms. The van der Waals surface area contributed by atoms with Gasteiger partial charge in [-0.05, 0) is 75.3 Å². The minimum Gasteiger partial charge on any atom is -0.351 e. The molecule has 3 aliphatic carbocycles. The van der Waals surface area contributed by atoms with Gasteiger partial charge in [-0.2, -0.15) is 0 Å². The molecule has 0 atom stereocenters. The number of carbonyl (C=O) groups is 1. The predicted molar refractivity (Wildman–Crippen MR) is 98.3 cm³/mol. The van der Waals surface area contributed by atoms with Gasteiger partial charge in [-0.3, -0.25) is 4.79 Å². The van der Waals surface area contributed by atoms with E-state index >= 15 is 0 Å². The van der Waals surface area contributed by atoms with Crippen LogP contribution in [-0.2, 0) is 6.54 Å². The molecule has 3 nitrogen and oxygen atoms in total. The van der Waals surface area contributed by atoms with Gasteiger partial charge in [-0.25, -0.2) is 0 Å². The van der Waals surface area contributed by atoms with Crippen molar-refractivity contribution in [3.8, 4) is 0 Å². The number of carbonyl (C=O) groups excluding carboxylic acids is 1. The van der Waals surface area contributed by atoms with Crippen molar-refractivity contribution in [1.82, 2.24) is 9.88 Å². The number of hydrogen-bond donors (Lipinski definition) is 1. The first kappa shape index (κ1) is 15.7. The van der Waals surface area contributed by atoms with Gasteiger partial charge in [-0.1, -0.05) is 12.1 Å². The van der Waals surface area contributed by atoms with Gasteiger partial charge >= 0.3 is 0 Å². The normalized spacial score (nSPS) is 26.0. The van der Waals surface area contributed by atoms with Crippen LogP contribution >= 0.6 is 0 Å². The lowest BCUT2D eigenvalue weighted by atomic mass is 9.61.